The van der Waals surface area contributed by atoms with Crippen molar-refractivity contribution in [1.29, 1.82) is 0 Å². The zero-order valence-electron chi connectivity index (χ0n) is 18.9. The first-order valence-electron chi connectivity index (χ1n) is 10.8. The van der Waals surface area contributed by atoms with E-state index in [1.807, 2.05) is 30.3 Å². The van der Waals surface area contributed by atoms with Crippen molar-refractivity contribution in [3.63, 3.8) is 0 Å². The molecule has 6 heteroatoms. The highest BCUT2D eigenvalue weighted by molar-refractivity contribution is 6.32. The van der Waals surface area contributed by atoms with Crippen LogP contribution in [-0.2, 0) is 12.0 Å². The lowest BCUT2D eigenvalue weighted by Gasteiger charge is -2.26. The molecule has 0 saturated carbocycles. The maximum Gasteiger partial charge on any atom is 0.313 e. The molecule has 0 bridgehead atoms. The van der Waals surface area contributed by atoms with Crippen molar-refractivity contribution in [2.45, 2.75) is 25.9 Å². The fourth-order valence-corrected chi connectivity index (χ4v) is 3.88. The van der Waals surface area contributed by atoms with Gasteiger partial charge in [0, 0.05) is 11.5 Å². The lowest BCUT2D eigenvalue weighted by atomic mass is 9.78. The van der Waals surface area contributed by atoms with E-state index in [1.165, 1.54) is 23.3 Å². The Bertz CT molecular complexity index is 1270. The third kappa shape index (κ3) is 5.21. The fraction of sp³-hybridized carbons (Fsp3) is 0.143. The zero-order chi connectivity index (χ0) is 24.1. The van der Waals surface area contributed by atoms with Gasteiger partial charge in [-0.15, -0.1) is 0 Å². The first-order valence-corrected chi connectivity index (χ1v) is 11.2. The second-order valence-electron chi connectivity index (χ2n) is 8.40. The average Bonchev–Trinajstić information content (AvgIpc) is 2.85. The molecular weight excluding hydrogens is 450 g/mol. The molecule has 4 aromatic rings. The highest BCUT2D eigenvalue weighted by atomic mass is 35.5. The van der Waals surface area contributed by atoms with Crippen LogP contribution in [0.15, 0.2) is 97.1 Å². The zero-order valence-corrected chi connectivity index (χ0v) is 19.7. The highest BCUT2D eigenvalue weighted by Gasteiger charge is 2.22. The van der Waals surface area contributed by atoms with Gasteiger partial charge in [-0.3, -0.25) is 10.1 Å². The molecule has 0 heterocycles. The number of para-hydroxylation sites is 1. The molecule has 4 aromatic carbocycles. The summed E-state index contributed by atoms with van der Waals surface area (Å²) < 4.78 is 11.6. The van der Waals surface area contributed by atoms with E-state index < -0.39 is 4.92 Å². The summed E-state index contributed by atoms with van der Waals surface area (Å²) in [7, 11) is 0. The Kier molecular flexibility index (Phi) is 6.85. The van der Waals surface area contributed by atoms with Gasteiger partial charge in [-0.2, -0.15) is 0 Å². The first-order chi connectivity index (χ1) is 16.3. The summed E-state index contributed by atoms with van der Waals surface area (Å²) >= 11 is 6.10. The van der Waals surface area contributed by atoms with Crippen LogP contribution in [0, 0.1) is 10.1 Å². The second kappa shape index (κ2) is 9.98. The highest BCUT2D eigenvalue weighted by Crippen LogP contribution is 2.38. The number of ether oxygens (including phenoxy) is 2. The van der Waals surface area contributed by atoms with Gasteiger partial charge in [-0.25, -0.2) is 0 Å². The number of halogens is 1. The Morgan fingerprint density at radius 1 is 0.794 bits per heavy atom. The molecule has 0 aromatic heterocycles. The molecule has 0 aliphatic rings. The summed E-state index contributed by atoms with van der Waals surface area (Å²) in [5.41, 5.74) is 3.12. The van der Waals surface area contributed by atoms with Crippen molar-refractivity contribution in [2.24, 2.45) is 0 Å². The Labute approximate surface area is 203 Å². The summed E-state index contributed by atoms with van der Waals surface area (Å²) in [4.78, 5) is 10.7. The van der Waals surface area contributed by atoms with Gasteiger partial charge in [0.1, 0.15) is 18.1 Å². The van der Waals surface area contributed by atoms with Crippen LogP contribution in [0.4, 0.5) is 5.69 Å². The molecule has 34 heavy (non-hydrogen) atoms. The number of benzene rings is 4. The van der Waals surface area contributed by atoms with E-state index in [0.717, 1.165) is 11.3 Å². The van der Waals surface area contributed by atoms with Gasteiger partial charge in [-0.05, 0) is 47.0 Å². The lowest BCUT2D eigenvalue weighted by Crippen LogP contribution is -2.18. The number of hydrogen-bond acceptors (Lipinski definition) is 4. The molecule has 4 rings (SSSR count). The molecule has 0 spiro atoms. The predicted octanol–water partition coefficient (Wildman–Crippen LogP) is 7.95. The summed E-state index contributed by atoms with van der Waals surface area (Å²) in [6.07, 6.45) is 0. The van der Waals surface area contributed by atoms with E-state index in [1.54, 1.807) is 18.2 Å². The van der Waals surface area contributed by atoms with Gasteiger partial charge in [0.05, 0.1) is 9.95 Å². The number of nitrogens with zero attached hydrogens (tertiary/aromatic N) is 1. The molecule has 172 valence electrons. The van der Waals surface area contributed by atoms with Crippen molar-refractivity contribution in [3.8, 4) is 17.2 Å². The minimum atomic E-state index is -0.518. The van der Waals surface area contributed by atoms with Crippen molar-refractivity contribution in [2.75, 3.05) is 0 Å². The molecule has 0 fully saturated rings. The molecule has 0 radical (unpaired) electrons. The van der Waals surface area contributed by atoms with Gasteiger partial charge in [0.2, 0.25) is 5.75 Å². The number of rotatable bonds is 8. The minimum Gasteiger partial charge on any atom is -0.489 e. The van der Waals surface area contributed by atoms with Crippen LogP contribution in [-0.4, -0.2) is 4.92 Å². The first kappa shape index (κ1) is 23.3. The second-order valence-corrected chi connectivity index (χ2v) is 8.80. The Hall–Kier alpha value is -3.83. The lowest BCUT2D eigenvalue weighted by molar-refractivity contribution is -0.385. The number of nitro benzene ring substituents is 1. The van der Waals surface area contributed by atoms with Crippen molar-refractivity contribution in [3.05, 3.63) is 129 Å². The van der Waals surface area contributed by atoms with Gasteiger partial charge < -0.3 is 9.47 Å². The standard InChI is InChI=1S/C28H24ClNO4/c1-28(2,21-7-4-3-5-8-21)22-13-17-23(18-14-22)33-19-20-11-15-24(16-12-20)34-27-25(29)9-6-10-26(27)30(31)32/h3-18H,19H2,1-2H3. The van der Waals surface area contributed by atoms with Crippen LogP contribution >= 0.6 is 11.6 Å². The molecule has 0 unspecified atom stereocenters. The molecule has 0 aliphatic heterocycles. The third-order valence-corrected chi connectivity index (χ3v) is 6.06. The normalized spacial score (nSPS) is 11.1. The maximum atomic E-state index is 11.2. The number of hydrogen-bond donors (Lipinski definition) is 0. The molecule has 5 nitrogen and oxygen atoms in total. The van der Waals surface area contributed by atoms with Crippen molar-refractivity contribution < 1.29 is 14.4 Å². The SMILES string of the molecule is CC(C)(c1ccccc1)c1ccc(OCc2ccc(Oc3c(Cl)cccc3[N+](=O)[O-])cc2)cc1. The van der Waals surface area contributed by atoms with Gasteiger partial charge in [-0.1, -0.05) is 86.1 Å². The summed E-state index contributed by atoms with van der Waals surface area (Å²) in [6.45, 7) is 4.80. The van der Waals surface area contributed by atoms with E-state index >= 15 is 0 Å². The smallest absolute Gasteiger partial charge is 0.313 e. The van der Waals surface area contributed by atoms with Crippen LogP contribution < -0.4 is 9.47 Å². The van der Waals surface area contributed by atoms with Crippen LogP contribution in [0.25, 0.3) is 0 Å². The predicted molar refractivity (Wildman–Crippen MR) is 134 cm³/mol. The molecule has 0 saturated heterocycles. The molecule has 0 amide bonds. The average molecular weight is 474 g/mol. The monoisotopic (exact) mass is 473 g/mol. The molecule has 0 atom stereocenters. The van der Waals surface area contributed by atoms with Gasteiger partial charge in [0.25, 0.3) is 0 Å². The van der Waals surface area contributed by atoms with E-state index in [9.17, 15) is 10.1 Å². The van der Waals surface area contributed by atoms with Crippen molar-refractivity contribution >= 4 is 17.3 Å². The Morgan fingerprint density at radius 2 is 1.41 bits per heavy atom. The summed E-state index contributed by atoms with van der Waals surface area (Å²) in [5, 5.41) is 11.4. The van der Waals surface area contributed by atoms with Crippen LogP contribution in [0.1, 0.15) is 30.5 Å². The number of nitro groups is 1. The topological polar surface area (TPSA) is 61.6 Å². The maximum absolute atomic E-state index is 11.2. The Balaban J connectivity index is 1.39. The van der Waals surface area contributed by atoms with E-state index in [4.69, 9.17) is 21.1 Å². The minimum absolute atomic E-state index is 0.0247. The summed E-state index contributed by atoms with van der Waals surface area (Å²) in [5.74, 6) is 1.25. The third-order valence-electron chi connectivity index (χ3n) is 5.76. The van der Waals surface area contributed by atoms with E-state index in [0.29, 0.717) is 12.4 Å². The van der Waals surface area contributed by atoms with Crippen LogP contribution in [0.5, 0.6) is 17.2 Å². The molecule has 0 N–H and O–H groups in total. The summed E-state index contributed by atoms with van der Waals surface area (Å²) in [6, 6.07) is 30.2. The van der Waals surface area contributed by atoms with Crippen LogP contribution in [0.3, 0.4) is 0 Å². The van der Waals surface area contributed by atoms with Crippen molar-refractivity contribution in [1.82, 2.24) is 0 Å². The van der Waals surface area contributed by atoms with E-state index in [-0.39, 0.29) is 21.9 Å². The quantitative estimate of drug-likeness (QED) is 0.192. The van der Waals surface area contributed by atoms with E-state index in [2.05, 4.69) is 50.2 Å². The van der Waals surface area contributed by atoms with Gasteiger partial charge >= 0.3 is 5.69 Å². The van der Waals surface area contributed by atoms with Crippen LogP contribution in [0.2, 0.25) is 5.02 Å². The molecular formula is C28H24ClNO4. The largest absolute Gasteiger partial charge is 0.489 e. The molecule has 0 aliphatic carbocycles. The fourth-order valence-electron chi connectivity index (χ4n) is 3.67. The van der Waals surface area contributed by atoms with Gasteiger partial charge in [0.15, 0.2) is 0 Å². The Morgan fingerprint density at radius 3 is 2.06 bits per heavy atom.